The second-order valence-electron chi connectivity index (χ2n) is 3.76. The molecule has 0 saturated carbocycles. The number of rotatable bonds is 3. The second-order valence-corrected chi connectivity index (χ2v) is 3.76. The van der Waals surface area contributed by atoms with E-state index in [9.17, 15) is 0 Å². The number of quaternary nitrogens is 1. The number of morpholine rings is 1. The minimum absolute atomic E-state index is 0. The minimum atomic E-state index is 0. The Morgan fingerprint density at radius 2 is 1.83 bits per heavy atom. The number of unbranched alkanes of at least 4 members (excludes halogenated alkanes) is 1. The average Bonchev–Trinajstić information content (AvgIpc) is 2.03. The van der Waals surface area contributed by atoms with Gasteiger partial charge in [-0.05, 0) is 6.42 Å². The van der Waals surface area contributed by atoms with Gasteiger partial charge in [0.1, 0.15) is 13.1 Å². The maximum Gasteiger partial charge on any atom is 0.102 e. The van der Waals surface area contributed by atoms with E-state index >= 15 is 0 Å². The first-order valence-corrected chi connectivity index (χ1v) is 4.68. The fourth-order valence-electron chi connectivity index (χ4n) is 1.55. The van der Waals surface area contributed by atoms with Gasteiger partial charge in [0, 0.05) is 0 Å². The quantitative estimate of drug-likeness (QED) is 0.484. The molecule has 0 aliphatic carbocycles. The van der Waals surface area contributed by atoms with E-state index in [2.05, 4.69) is 14.0 Å². The highest BCUT2D eigenvalue weighted by Crippen LogP contribution is 2.08. The Bertz CT molecular complexity index is 113. The predicted octanol–water partition coefficient (Wildman–Crippen LogP) is -1.73. The first-order chi connectivity index (χ1) is 5.27. The van der Waals surface area contributed by atoms with Crippen LogP contribution in [-0.4, -0.2) is 44.4 Å². The van der Waals surface area contributed by atoms with Gasteiger partial charge in [0.15, 0.2) is 0 Å². The van der Waals surface area contributed by atoms with Gasteiger partial charge in [0.05, 0.1) is 26.8 Å². The number of halogens is 1. The van der Waals surface area contributed by atoms with E-state index in [4.69, 9.17) is 4.74 Å². The molecule has 1 heterocycles. The summed E-state index contributed by atoms with van der Waals surface area (Å²) in [6.45, 7) is 7.92. The average molecular weight is 194 g/mol. The van der Waals surface area contributed by atoms with E-state index in [0.29, 0.717) is 0 Å². The summed E-state index contributed by atoms with van der Waals surface area (Å²) < 4.78 is 6.56. The molecule has 2 nitrogen and oxygen atoms in total. The molecule has 0 aromatic rings. The molecular formula is C9H20ClNO. The number of ether oxygens (including phenoxy) is 1. The fraction of sp³-hybridized carbons (Fsp3) is 1.00. The first-order valence-electron chi connectivity index (χ1n) is 4.68. The summed E-state index contributed by atoms with van der Waals surface area (Å²) in [6.07, 6.45) is 2.67. The molecule has 1 aliphatic heterocycles. The molecule has 0 aromatic carbocycles. The van der Waals surface area contributed by atoms with Crippen molar-refractivity contribution in [3.8, 4) is 0 Å². The van der Waals surface area contributed by atoms with E-state index in [-0.39, 0.29) is 12.4 Å². The van der Waals surface area contributed by atoms with Crippen molar-refractivity contribution >= 4 is 0 Å². The van der Waals surface area contributed by atoms with E-state index in [0.717, 1.165) is 13.2 Å². The summed E-state index contributed by atoms with van der Waals surface area (Å²) in [4.78, 5) is 0. The van der Waals surface area contributed by atoms with Gasteiger partial charge >= 0.3 is 0 Å². The van der Waals surface area contributed by atoms with Gasteiger partial charge < -0.3 is 21.6 Å². The van der Waals surface area contributed by atoms with Gasteiger partial charge in [-0.3, -0.25) is 0 Å². The lowest BCUT2D eigenvalue weighted by Crippen LogP contribution is -3.00. The summed E-state index contributed by atoms with van der Waals surface area (Å²) in [5.74, 6) is 0. The van der Waals surface area contributed by atoms with Crippen molar-refractivity contribution in [2.24, 2.45) is 0 Å². The molecule has 0 amide bonds. The number of nitrogens with zero attached hydrogens (tertiary/aromatic N) is 1. The van der Waals surface area contributed by atoms with Crippen molar-refractivity contribution in [2.45, 2.75) is 19.8 Å². The molecule has 0 bridgehead atoms. The van der Waals surface area contributed by atoms with Crippen molar-refractivity contribution in [2.75, 3.05) is 39.9 Å². The van der Waals surface area contributed by atoms with E-state index in [1.807, 2.05) is 0 Å². The van der Waals surface area contributed by atoms with Crippen LogP contribution in [0.15, 0.2) is 0 Å². The number of likely N-dealkylation sites (N-methyl/N-ethyl adjacent to an activating group) is 1. The first kappa shape index (κ1) is 12.2. The largest absolute Gasteiger partial charge is 1.00 e. The van der Waals surface area contributed by atoms with Crippen molar-refractivity contribution in [1.29, 1.82) is 0 Å². The van der Waals surface area contributed by atoms with Crippen molar-refractivity contribution in [3.63, 3.8) is 0 Å². The Labute approximate surface area is 81.9 Å². The van der Waals surface area contributed by atoms with E-state index in [1.54, 1.807) is 0 Å². The summed E-state index contributed by atoms with van der Waals surface area (Å²) in [6, 6.07) is 0. The summed E-state index contributed by atoms with van der Waals surface area (Å²) in [7, 11) is 2.35. The lowest BCUT2D eigenvalue weighted by molar-refractivity contribution is -0.917. The monoisotopic (exact) mass is 193 g/mol. The van der Waals surface area contributed by atoms with E-state index < -0.39 is 0 Å². The van der Waals surface area contributed by atoms with Crippen molar-refractivity contribution < 1.29 is 21.6 Å². The van der Waals surface area contributed by atoms with Crippen LogP contribution in [0.3, 0.4) is 0 Å². The Kier molecular flexibility index (Phi) is 5.89. The fourth-order valence-corrected chi connectivity index (χ4v) is 1.55. The molecule has 3 heteroatoms. The molecule has 1 saturated heterocycles. The third-order valence-corrected chi connectivity index (χ3v) is 2.60. The summed E-state index contributed by atoms with van der Waals surface area (Å²) >= 11 is 0. The molecule has 74 valence electrons. The maximum atomic E-state index is 5.33. The minimum Gasteiger partial charge on any atom is -1.00 e. The SMILES string of the molecule is CCCC[N+]1(C)CCOCC1.[Cl-]. The van der Waals surface area contributed by atoms with Gasteiger partial charge in [-0.2, -0.15) is 0 Å². The summed E-state index contributed by atoms with van der Waals surface area (Å²) in [5, 5.41) is 0. The Hall–Kier alpha value is 0.210. The molecule has 0 aromatic heterocycles. The normalized spacial score (nSPS) is 21.5. The molecule has 1 fully saturated rings. The summed E-state index contributed by atoms with van der Waals surface area (Å²) in [5.41, 5.74) is 0. The van der Waals surface area contributed by atoms with Crippen LogP contribution in [0, 0.1) is 0 Å². The lowest BCUT2D eigenvalue weighted by Gasteiger charge is -2.37. The van der Waals surface area contributed by atoms with Crippen LogP contribution in [-0.2, 0) is 4.74 Å². The van der Waals surface area contributed by atoms with Crippen LogP contribution in [0.2, 0.25) is 0 Å². The Balaban J connectivity index is 0.00000121. The highest BCUT2D eigenvalue weighted by atomic mass is 35.5. The van der Waals surface area contributed by atoms with Crippen molar-refractivity contribution in [1.82, 2.24) is 0 Å². The lowest BCUT2D eigenvalue weighted by atomic mass is 10.2. The van der Waals surface area contributed by atoms with Crippen LogP contribution in [0.4, 0.5) is 0 Å². The molecule has 1 aliphatic rings. The van der Waals surface area contributed by atoms with Crippen LogP contribution < -0.4 is 12.4 Å². The second kappa shape index (κ2) is 5.79. The van der Waals surface area contributed by atoms with Gasteiger partial charge in [-0.15, -0.1) is 0 Å². The zero-order valence-corrected chi connectivity index (χ0v) is 8.94. The molecule has 1 rings (SSSR count). The molecule has 0 radical (unpaired) electrons. The standard InChI is InChI=1S/C9H20NO.ClH/c1-3-4-5-10(2)6-8-11-9-7-10;/h3-9H2,1-2H3;1H/q+1;/p-1. The molecule has 0 spiro atoms. The molecule has 0 atom stereocenters. The topological polar surface area (TPSA) is 9.23 Å². The number of hydrogen-bond acceptors (Lipinski definition) is 1. The van der Waals surface area contributed by atoms with Gasteiger partial charge in [0.2, 0.25) is 0 Å². The van der Waals surface area contributed by atoms with Crippen LogP contribution in [0.25, 0.3) is 0 Å². The molecule has 0 N–H and O–H groups in total. The van der Waals surface area contributed by atoms with Gasteiger partial charge in [-0.25, -0.2) is 0 Å². The molecule has 0 unspecified atom stereocenters. The zero-order valence-electron chi connectivity index (χ0n) is 8.18. The smallest absolute Gasteiger partial charge is 0.102 e. The van der Waals surface area contributed by atoms with Crippen LogP contribution >= 0.6 is 0 Å². The predicted molar refractivity (Wildman–Crippen MR) is 46.5 cm³/mol. The van der Waals surface area contributed by atoms with E-state index in [1.165, 1.54) is 37.0 Å². The highest BCUT2D eigenvalue weighted by Gasteiger charge is 2.23. The van der Waals surface area contributed by atoms with Crippen LogP contribution in [0.5, 0.6) is 0 Å². The third-order valence-electron chi connectivity index (χ3n) is 2.60. The maximum absolute atomic E-state index is 5.33. The Morgan fingerprint density at radius 3 is 2.33 bits per heavy atom. The molecule has 12 heavy (non-hydrogen) atoms. The number of hydrogen-bond donors (Lipinski definition) is 0. The van der Waals surface area contributed by atoms with Gasteiger partial charge in [-0.1, -0.05) is 13.3 Å². The third kappa shape index (κ3) is 3.74. The van der Waals surface area contributed by atoms with Gasteiger partial charge in [0.25, 0.3) is 0 Å². The molecular weight excluding hydrogens is 174 g/mol. The highest BCUT2D eigenvalue weighted by molar-refractivity contribution is 4.46. The zero-order chi connectivity index (χ0) is 8.16. The Morgan fingerprint density at radius 1 is 1.25 bits per heavy atom. The van der Waals surface area contributed by atoms with Crippen LogP contribution in [0.1, 0.15) is 19.8 Å². The van der Waals surface area contributed by atoms with Crippen molar-refractivity contribution in [3.05, 3.63) is 0 Å².